The number of fused-ring (bicyclic) bond motifs is 1. The number of imidazole rings is 1. The normalized spacial score (nSPS) is 16.9. The summed E-state index contributed by atoms with van der Waals surface area (Å²) in [5.41, 5.74) is 3.49. The van der Waals surface area contributed by atoms with E-state index < -0.39 is 11.2 Å². The first kappa shape index (κ1) is 20.5. The van der Waals surface area contributed by atoms with Gasteiger partial charge in [-0.25, -0.2) is 4.79 Å². The molecule has 3 aromatic rings. The van der Waals surface area contributed by atoms with Gasteiger partial charge < -0.3 is 10.2 Å². The zero-order chi connectivity index (χ0) is 22.1. The Balaban J connectivity index is 1.68. The summed E-state index contributed by atoms with van der Waals surface area (Å²) in [6.45, 7) is 3.95. The Labute approximate surface area is 185 Å². The number of rotatable bonds is 4. The lowest BCUT2D eigenvalue weighted by Gasteiger charge is -2.23. The van der Waals surface area contributed by atoms with E-state index in [1.54, 1.807) is 7.05 Å². The third kappa shape index (κ3) is 3.71. The van der Waals surface area contributed by atoms with Gasteiger partial charge in [0.1, 0.15) is 0 Å². The van der Waals surface area contributed by atoms with Crippen molar-refractivity contribution in [3.63, 3.8) is 0 Å². The number of allylic oxidation sites excluding steroid dienone is 4. The van der Waals surface area contributed by atoms with Crippen molar-refractivity contribution in [2.75, 3.05) is 31.1 Å². The molecule has 3 heterocycles. The van der Waals surface area contributed by atoms with E-state index in [0.29, 0.717) is 17.7 Å². The molecule has 0 unspecified atom stereocenters. The maximum Gasteiger partial charge on any atom is 0.329 e. The van der Waals surface area contributed by atoms with Gasteiger partial charge in [-0.1, -0.05) is 42.5 Å². The second-order valence-electron chi connectivity index (χ2n) is 8.38. The van der Waals surface area contributed by atoms with Crippen LogP contribution < -0.4 is 21.5 Å². The van der Waals surface area contributed by atoms with Gasteiger partial charge in [0.25, 0.3) is 5.56 Å². The topological polar surface area (TPSA) is 87.9 Å². The van der Waals surface area contributed by atoms with Crippen molar-refractivity contribution >= 4 is 22.7 Å². The Hall–Kier alpha value is -3.39. The highest BCUT2D eigenvalue weighted by Crippen LogP contribution is 2.28. The first-order chi connectivity index (χ1) is 15.6. The molecular weight excluding hydrogens is 404 g/mol. The molecule has 1 saturated heterocycles. The van der Waals surface area contributed by atoms with Crippen LogP contribution >= 0.6 is 0 Å². The Kier molecular flexibility index (Phi) is 5.53. The zero-order valence-corrected chi connectivity index (χ0v) is 18.3. The number of H-pyrrole nitrogens is 1. The molecule has 1 aliphatic carbocycles. The molecule has 166 valence electrons. The highest BCUT2D eigenvalue weighted by atomic mass is 16.2. The van der Waals surface area contributed by atoms with Gasteiger partial charge in [-0.15, -0.1) is 0 Å². The molecule has 0 amide bonds. The van der Waals surface area contributed by atoms with E-state index in [-0.39, 0.29) is 0 Å². The van der Waals surface area contributed by atoms with Crippen molar-refractivity contribution in [1.29, 1.82) is 0 Å². The number of aryl methyl sites for hydroxylation is 1. The van der Waals surface area contributed by atoms with E-state index in [9.17, 15) is 9.59 Å². The van der Waals surface area contributed by atoms with Gasteiger partial charge >= 0.3 is 5.69 Å². The summed E-state index contributed by atoms with van der Waals surface area (Å²) in [6, 6.07) is 8.31. The number of aromatic nitrogens is 4. The van der Waals surface area contributed by atoms with Crippen LogP contribution in [-0.2, 0) is 13.6 Å². The van der Waals surface area contributed by atoms with Gasteiger partial charge in [-0.05, 0) is 42.5 Å². The molecule has 0 atom stereocenters. The maximum atomic E-state index is 12.9. The lowest BCUT2D eigenvalue weighted by atomic mass is 9.95. The second kappa shape index (κ2) is 8.63. The van der Waals surface area contributed by atoms with E-state index in [0.717, 1.165) is 62.5 Å². The fourth-order valence-corrected chi connectivity index (χ4v) is 4.58. The average molecular weight is 433 g/mol. The number of anilines is 1. The largest absolute Gasteiger partial charge is 0.341 e. The van der Waals surface area contributed by atoms with Crippen LogP contribution in [0.4, 0.5) is 5.95 Å². The molecule has 32 heavy (non-hydrogen) atoms. The van der Waals surface area contributed by atoms with Gasteiger partial charge in [0.05, 0.1) is 6.54 Å². The molecule has 5 rings (SSSR count). The summed E-state index contributed by atoms with van der Waals surface area (Å²) in [5, 5.41) is 3.42. The molecule has 0 bridgehead atoms. The van der Waals surface area contributed by atoms with Gasteiger partial charge in [0.2, 0.25) is 5.95 Å². The van der Waals surface area contributed by atoms with Crippen LogP contribution in [0.3, 0.4) is 0 Å². The minimum Gasteiger partial charge on any atom is -0.341 e. The third-order valence-corrected chi connectivity index (χ3v) is 6.26. The summed E-state index contributed by atoms with van der Waals surface area (Å²) in [7, 11) is 1.65. The Bertz CT molecular complexity index is 1320. The van der Waals surface area contributed by atoms with Gasteiger partial charge in [0, 0.05) is 26.7 Å². The molecule has 2 aliphatic rings. The van der Waals surface area contributed by atoms with E-state index in [1.807, 2.05) is 16.7 Å². The van der Waals surface area contributed by atoms with Crippen molar-refractivity contribution in [2.45, 2.75) is 25.8 Å². The summed E-state index contributed by atoms with van der Waals surface area (Å²) in [4.78, 5) is 34.7. The lowest BCUT2D eigenvalue weighted by molar-refractivity contribution is 0.721. The van der Waals surface area contributed by atoms with Crippen molar-refractivity contribution < 1.29 is 0 Å². The molecule has 2 N–H and O–H groups in total. The second-order valence-corrected chi connectivity index (χ2v) is 8.38. The highest BCUT2D eigenvalue weighted by molar-refractivity contribution is 5.78. The van der Waals surface area contributed by atoms with Crippen molar-refractivity contribution in [3.05, 3.63) is 74.5 Å². The molecular formula is C24H28N6O2. The molecule has 1 aliphatic heterocycles. The van der Waals surface area contributed by atoms with Crippen molar-refractivity contribution in [2.24, 2.45) is 7.05 Å². The minimum atomic E-state index is -0.450. The van der Waals surface area contributed by atoms with Crippen molar-refractivity contribution in [3.8, 4) is 0 Å². The van der Waals surface area contributed by atoms with Crippen LogP contribution in [0.15, 0.2) is 52.1 Å². The van der Waals surface area contributed by atoms with Crippen LogP contribution in [-0.4, -0.2) is 45.3 Å². The molecule has 0 saturated carbocycles. The zero-order valence-electron chi connectivity index (χ0n) is 18.3. The van der Waals surface area contributed by atoms with Crippen LogP contribution in [0, 0.1) is 0 Å². The van der Waals surface area contributed by atoms with Crippen LogP contribution in [0.2, 0.25) is 0 Å². The fraction of sp³-hybridized carbons (Fsp3) is 0.375. The van der Waals surface area contributed by atoms with Crippen LogP contribution in [0.5, 0.6) is 0 Å². The smallest absolute Gasteiger partial charge is 0.329 e. The van der Waals surface area contributed by atoms with Gasteiger partial charge in [0.15, 0.2) is 11.2 Å². The summed E-state index contributed by atoms with van der Waals surface area (Å²) >= 11 is 0. The summed E-state index contributed by atoms with van der Waals surface area (Å²) in [6.07, 6.45) is 9.73. The number of benzene rings is 1. The Morgan fingerprint density at radius 2 is 1.97 bits per heavy atom. The number of hydrogen-bond acceptors (Lipinski definition) is 5. The first-order valence-corrected chi connectivity index (χ1v) is 11.2. The number of nitrogens with zero attached hydrogens (tertiary/aromatic N) is 4. The van der Waals surface area contributed by atoms with Crippen LogP contribution in [0.1, 0.15) is 30.4 Å². The van der Waals surface area contributed by atoms with Gasteiger partial charge in [-0.2, -0.15) is 4.98 Å². The number of hydrogen-bond donors (Lipinski definition) is 2. The maximum absolute atomic E-state index is 12.9. The predicted molar refractivity (Wildman–Crippen MR) is 127 cm³/mol. The molecule has 8 nitrogen and oxygen atoms in total. The minimum absolute atomic E-state index is 0.399. The first-order valence-electron chi connectivity index (χ1n) is 11.2. The highest BCUT2D eigenvalue weighted by Gasteiger charge is 2.23. The lowest BCUT2D eigenvalue weighted by Crippen LogP contribution is -2.31. The molecule has 8 heteroatoms. The average Bonchev–Trinajstić information content (AvgIpc) is 2.99. The standard InChI is InChI=1S/C24H28N6O2/c1-28-21-20(22(31)27-24(28)32)30(23(26-21)29-14-7-12-25-13-15-29)16-18-10-5-6-11-19(18)17-8-3-2-4-9-17/h3,5-6,8-11,25H,2,4,7,12-16H2,1H3,(H,27,31,32). The summed E-state index contributed by atoms with van der Waals surface area (Å²) in [5.74, 6) is 0.735. The van der Waals surface area contributed by atoms with Gasteiger partial charge in [-0.3, -0.25) is 18.9 Å². The number of nitrogens with one attached hydrogen (secondary N) is 2. The van der Waals surface area contributed by atoms with Crippen LogP contribution in [0.25, 0.3) is 16.7 Å². The Morgan fingerprint density at radius 1 is 1.09 bits per heavy atom. The number of aromatic amines is 1. The monoisotopic (exact) mass is 432 g/mol. The molecule has 0 radical (unpaired) electrons. The summed E-state index contributed by atoms with van der Waals surface area (Å²) < 4.78 is 3.40. The van der Waals surface area contributed by atoms with Crippen molar-refractivity contribution in [1.82, 2.24) is 24.4 Å². The molecule has 2 aromatic heterocycles. The van der Waals surface area contributed by atoms with E-state index in [4.69, 9.17) is 4.98 Å². The van der Waals surface area contributed by atoms with E-state index >= 15 is 0 Å². The molecule has 0 spiro atoms. The quantitative estimate of drug-likeness (QED) is 0.659. The third-order valence-electron chi connectivity index (χ3n) is 6.26. The predicted octanol–water partition coefficient (Wildman–Crippen LogP) is 2.00. The molecule has 1 aromatic carbocycles. The SMILES string of the molecule is Cn1c(=O)[nH]c(=O)c2c1nc(N1CCCNCC1)n2Cc1ccccc1C1=CCCC=C1. The fourth-order valence-electron chi connectivity index (χ4n) is 4.58. The Morgan fingerprint density at radius 3 is 2.81 bits per heavy atom. The van der Waals surface area contributed by atoms with E-state index in [1.165, 1.54) is 10.1 Å². The molecule has 1 fully saturated rings. The van der Waals surface area contributed by atoms with E-state index in [2.05, 4.69) is 45.6 Å².